The van der Waals surface area contributed by atoms with Crippen LogP contribution in [0.5, 0.6) is 0 Å². The number of rotatable bonds is 3. The number of methoxy groups -OCH3 is 1. The van der Waals surface area contributed by atoms with Gasteiger partial charge in [-0.1, -0.05) is 0 Å². The molecular formula is C9H13ClN2O. The highest BCUT2D eigenvalue weighted by Crippen LogP contribution is 2.49. The highest BCUT2D eigenvalue weighted by Gasteiger charge is 2.52. The maximum atomic E-state index is 5.66. The van der Waals surface area contributed by atoms with Gasteiger partial charge in [0, 0.05) is 19.7 Å². The third-order valence-electron chi connectivity index (χ3n) is 2.76. The monoisotopic (exact) mass is 200 g/mol. The first-order chi connectivity index (χ1) is 6.19. The Labute approximate surface area is 82.7 Å². The van der Waals surface area contributed by atoms with Crippen molar-refractivity contribution in [3.63, 3.8) is 0 Å². The third kappa shape index (κ3) is 1.46. The first kappa shape index (κ1) is 9.03. The minimum absolute atomic E-state index is 0.00425. The Kier molecular flexibility index (Phi) is 2.08. The summed E-state index contributed by atoms with van der Waals surface area (Å²) in [6.45, 7) is 2.11. The van der Waals surface area contributed by atoms with E-state index in [9.17, 15) is 0 Å². The molecule has 0 amide bonds. The number of aromatic nitrogens is 2. The van der Waals surface area contributed by atoms with Crippen molar-refractivity contribution in [3.8, 4) is 0 Å². The molecule has 1 saturated carbocycles. The molecule has 3 nitrogen and oxygen atoms in total. The molecule has 1 aliphatic carbocycles. The summed E-state index contributed by atoms with van der Waals surface area (Å²) in [4.78, 5) is 4.17. The van der Waals surface area contributed by atoms with Crippen LogP contribution in [-0.2, 0) is 10.6 Å². The second-order valence-electron chi connectivity index (χ2n) is 3.68. The molecule has 13 heavy (non-hydrogen) atoms. The highest BCUT2D eigenvalue weighted by molar-refractivity contribution is 6.16. The van der Waals surface area contributed by atoms with Crippen molar-refractivity contribution in [2.45, 2.75) is 30.9 Å². The van der Waals surface area contributed by atoms with Crippen LogP contribution in [-0.4, -0.2) is 22.3 Å². The first-order valence-corrected chi connectivity index (χ1v) is 4.86. The van der Waals surface area contributed by atoms with Crippen molar-refractivity contribution in [2.75, 3.05) is 7.11 Å². The second-order valence-corrected chi connectivity index (χ2v) is 3.95. The fraction of sp³-hybridized carbons (Fsp3) is 0.667. The van der Waals surface area contributed by atoms with Gasteiger partial charge in [0.05, 0.1) is 29.5 Å². The topological polar surface area (TPSA) is 27.1 Å². The third-order valence-corrected chi connectivity index (χ3v) is 3.04. The summed E-state index contributed by atoms with van der Waals surface area (Å²) in [5.41, 5.74) is 0.927. The van der Waals surface area contributed by atoms with Gasteiger partial charge in [0.2, 0.25) is 0 Å². The Balaban J connectivity index is 2.11. The fourth-order valence-electron chi connectivity index (χ4n) is 1.58. The van der Waals surface area contributed by atoms with E-state index in [1.807, 2.05) is 12.5 Å². The van der Waals surface area contributed by atoms with Crippen molar-refractivity contribution < 1.29 is 4.74 Å². The van der Waals surface area contributed by atoms with E-state index in [2.05, 4.69) is 16.5 Å². The molecule has 4 heteroatoms. The van der Waals surface area contributed by atoms with Crippen LogP contribution in [0.2, 0.25) is 0 Å². The van der Waals surface area contributed by atoms with E-state index in [0.29, 0.717) is 11.9 Å². The van der Waals surface area contributed by atoms with Crippen LogP contribution in [0.25, 0.3) is 0 Å². The minimum Gasteiger partial charge on any atom is -0.376 e. The van der Waals surface area contributed by atoms with Crippen molar-refractivity contribution in [2.24, 2.45) is 0 Å². The van der Waals surface area contributed by atoms with Crippen LogP contribution in [0.4, 0.5) is 0 Å². The Hall–Kier alpha value is -0.540. The first-order valence-electron chi connectivity index (χ1n) is 4.33. The van der Waals surface area contributed by atoms with Crippen LogP contribution in [0.3, 0.4) is 0 Å². The smallest absolute Gasteiger partial charge is 0.0953 e. The van der Waals surface area contributed by atoms with Crippen molar-refractivity contribution in [1.82, 2.24) is 9.55 Å². The molecule has 0 N–H and O–H groups in total. The number of hydrogen-bond acceptors (Lipinski definition) is 2. The maximum Gasteiger partial charge on any atom is 0.0953 e. The van der Waals surface area contributed by atoms with Crippen LogP contribution < -0.4 is 0 Å². The van der Waals surface area contributed by atoms with E-state index in [1.165, 1.54) is 0 Å². The summed E-state index contributed by atoms with van der Waals surface area (Å²) < 4.78 is 7.46. The van der Waals surface area contributed by atoms with Gasteiger partial charge in [0.25, 0.3) is 0 Å². The van der Waals surface area contributed by atoms with Crippen molar-refractivity contribution >= 4 is 11.6 Å². The Morgan fingerprint density at radius 3 is 3.08 bits per heavy atom. The number of halogens is 1. The number of imidazole rings is 1. The fourth-order valence-corrected chi connectivity index (χ4v) is 1.72. The SMILES string of the molecule is CO[C@@]1(C)C[C@H]1n1cnc(CCl)c1. The van der Waals surface area contributed by atoms with Gasteiger partial charge in [-0.05, 0) is 6.92 Å². The summed E-state index contributed by atoms with van der Waals surface area (Å²) in [6.07, 6.45) is 4.87. The molecule has 1 aliphatic rings. The van der Waals surface area contributed by atoms with Gasteiger partial charge >= 0.3 is 0 Å². The lowest BCUT2D eigenvalue weighted by Crippen LogP contribution is -2.10. The Morgan fingerprint density at radius 1 is 1.85 bits per heavy atom. The van der Waals surface area contributed by atoms with E-state index in [1.54, 1.807) is 7.11 Å². The lowest BCUT2D eigenvalue weighted by molar-refractivity contribution is 0.0832. The molecule has 1 fully saturated rings. The second kappa shape index (κ2) is 3.00. The summed E-state index contributed by atoms with van der Waals surface area (Å²) >= 11 is 5.66. The van der Waals surface area contributed by atoms with E-state index in [-0.39, 0.29) is 5.60 Å². The number of alkyl halides is 1. The molecule has 0 aromatic carbocycles. The molecule has 1 heterocycles. The standard InChI is InChI=1S/C9H13ClN2O/c1-9(13-2)3-8(9)12-5-7(4-10)11-6-12/h5-6,8H,3-4H2,1-2H3/t8-,9+/m1/s1. The van der Waals surface area contributed by atoms with Crippen molar-refractivity contribution in [3.05, 3.63) is 18.2 Å². The van der Waals surface area contributed by atoms with Gasteiger partial charge in [-0.15, -0.1) is 11.6 Å². The average Bonchev–Trinajstić information content (AvgIpc) is 2.65. The van der Waals surface area contributed by atoms with Crippen molar-refractivity contribution in [1.29, 1.82) is 0 Å². The van der Waals surface area contributed by atoms with Crippen LogP contribution in [0.15, 0.2) is 12.5 Å². The zero-order valence-electron chi connectivity index (χ0n) is 7.83. The van der Waals surface area contributed by atoms with E-state index in [0.717, 1.165) is 12.1 Å². The maximum absolute atomic E-state index is 5.66. The number of hydrogen-bond donors (Lipinski definition) is 0. The largest absolute Gasteiger partial charge is 0.376 e. The predicted molar refractivity (Wildman–Crippen MR) is 50.9 cm³/mol. The molecular weight excluding hydrogens is 188 g/mol. The molecule has 0 radical (unpaired) electrons. The minimum atomic E-state index is 0.00425. The van der Waals surface area contributed by atoms with Crippen LogP contribution in [0, 0.1) is 0 Å². The lowest BCUT2D eigenvalue weighted by atomic mass is 10.4. The lowest BCUT2D eigenvalue weighted by Gasteiger charge is -2.08. The van der Waals surface area contributed by atoms with Gasteiger partial charge in [-0.2, -0.15) is 0 Å². The molecule has 72 valence electrons. The van der Waals surface area contributed by atoms with E-state index >= 15 is 0 Å². The van der Waals surface area contributed by atoms with E-state index in [4.69, 9.17) is 16.3 Å². The molecule has 0 spiro atoms. The predicted octanol–water partition coefficient (Wildman–Crippen LogP) is 1.97. The molecule has 0 aliphatic heterocycles. The molecule has 0 bridgehead atoms. The van der Waals surface area contributed by atoms with Gasteiger partial charge in [-0.3, -0.25) is 0 Å². The molecule has 0 saturated heterocycles. The molecule has 2 atom stereocenters. The normalized spacial score (nSPS) is 32.1. The van der Waals surface area contributed by atoms with Gasteiger partial charge < -0.3 is 9.30 Å². The quantitative estimate of drug-likeness (QED) is 0.698. The van der Waals surface area contributed by atoms with E-state index < -0.39 is 0 Å². The summed E-state index contributed by atoms with van der Waals surface area (Å²) in [5, 5.41) is 0. The summed E-state index contributed by atoms with van der Waals surface area (Å²) in [5.74, 6) is 0.476. The molecule has 1 aromatic heterocycles. The Morgan fingerprint density at radius 2 is 2.62 bits per heavy atom. The number of nitrogens with zero attached hydrogens (tertiary/aromatic N) is 2. The van der Waals surface area contributed by atoms with Gasteiger partial charge in [0.1, 0.15) is 0 Å². The zero-order chi connectivity index (χ0) is 9.47. The zero-order valence-corrected chi connectivity index (χ0v) is 8.58. The number of ether oxygens (including phenoxy) is 1. The molecule has 1 aromatic rings. The van der Waals surface area contributed by atoms with Crippen LogP contribution in [0.1, 0.15) is 25.1 Å². The highest BCUT2D eigenvalue weighted by atomic mass is 35.5. The van der Waals surface area contributed by atoms with Gasteiger partial charge in [-0.25, -0.2) is 4.98 Å². The molecule has 2 rings (SSSR count). The average molecular weight is 201 g/mol. The summed E-state index contributed by atoms with van der Waals surface area (Å²) in [7, 11) is 1.75. The van der Waals surface area contributed by atoms with Crippen LogP contribution >= 0.6 is 11.6 Å². The Bertz CT molecular complexity index is 312. The molecule has 0 unspecified atom stereocenters. The summed E-state index contributed by atoms with van der Waals surface area (Å²) in [6, 6.07) is 0.432. The van der Waals surface area contributed by atoms with Gasteiger partial charge in [0.15, 0.2) is 0 Å².